The first kappa shape index (κ1) is 14.4. The van der Waals surface area contributed by atoms with E-state index >= 15 is 0 Å². The van der Waals surface area contributed by atoms with E-state index < -0.39 is 4.92 Å². The maximum Gasteiger partial charge on any atom is 0.289 e. The molecule has 0 atom stereocenters. The van der Waals surface area contributed by atoms with Crippen molar-refractivity contribution in [2.45, 2.75) is 13.3 Å². The van der Waals surface area contributed by atoms with Gasteiger partial charge in [-0.05, 0) is 6.92 Å². The lowest BCUT2D eigenvalue weighted by molar-refractivity contribution is -0.385. The van der Waals surface area contributed by atoms with Crippen molar-refractivity contribution in [3.8, 4) is 6.07 Å². The van der Waals surface area contributed by atoms with Gasteiger partial charge in [0.2, 0.25) is 5.91 Å². The summed E-state index contributed by atoms with van der Waals surface area (Å²) in [6.07, 6.45) is 1.30. The zero-order chi connectivity index (χ0) is 14.3. The number of pyridine rings is 1. The topological polar surface area (TPSA) is 121 Å². The van der Waals surface area contributed by atoms with Crippen LogP contribution in [0.4, 0.5) is 11.5 Å². The molecule has 1 rings (SSSR count). The van der Waals surface area contributed by atoms with Crippen LogP contribution < -0.4 is 10.6 Å². The van der Waals surface area contributed by atoms with Gasteiger partial charge in [-0.1, -0.05) is 0 Å². The van der Waals surface area contributed by atoms with Crippen LogP contribution in [0.15, 0.2) is 12.3 Å². The molecule has 0 fully saturated rings. The molecule has 0 bridgehead atoms. The lowest BCUT2D eigenvalue weighted by Gasteiger charge is -2.06. The van der Waals surface area contributed by atoms with Crippen LogP contribution in [0.1, 0.15) is 18.9 Å². The predicted octanol–water partition coefficient (Wildman–Crippen LogP) is 0.800. The van der Waals surface area contributed by atoms with E-state index in [1.165, 1.54) is 0 Å². The lowest BCUT2D eigenvalue weighted by Crippen LogP contribution is -2.25. The Hall–Kier alpha value is -2.69. The Balaban J connectivity index is 2.66. The van der Waals surface area contributed by atoms with Crippen molar-refractivity contribution in [1.82, 2.24) is 10.3 Å². The van der Waals surface area contributed by atoms with Gasteiger partial charge in [0.25, 0.3) is 5.69 Å². The number of amides is 1. The molecule has 0 aliphatic rings. The van der Waals surface area contributed by atoms with Gasteiger partial charge in [0.05, 0.1) is 4.92 Å². The highest BCUT2D eigenvalue weighted by Gasteiger charge is 2.12. The number of nitriles is 1. The van der Waals surface area contributed by atoms with Gasteiger partial charge in [0.1, 0.15) is 23.6 Å². The standard InChI is InChI=1S/C11H13N5O3/c1-2-13-10(17)3-4-14-11-8(6-12)5-9(7-15-11)16(18)19/h5,7H,2-4H2,1H3,(H,13,17)(H,14,15). The van der Waals surface area contributed by atoms with E-state index in [-0.39, 0.29) is 29.4 Å². The molecule has 0 aliphatic carbocycles. The summed E-state index contributed by atoms with van der Waals surface area (Å²) in [5.74, 6) is 0.118. The van der Waals surface area contributed by atoms with Crippen LogP contribution in [0, 0.1) is 21.4 Å². The fraction of sp³-hybridized carbons (Fsp3) is 0.364. The normalized spacial score (nSPS) is 9.47. The minimum atomic E-state index is -0.619. The number of carbonyl (C=O) groups excluding carboxylic acids is 1. The third-order valence-electron chi connectivity index (χ3n) is 2.22. The predicted molar refractivity (Wildman–Crippen MR) is 67.4 cm³/mol. The highest BCUT2D eigenvalue weighted by Crippen LogP contribution is 2.17. The summed E-state index contributed by atoms with van der Waals surface area (Å²) in [5.41, 5.74) is -0.170. The van der Waals surface area contributed by atoms with Crippen LogP contribution in [0.5, 0.6) is 0 Å². The number of nitrogens with zero attached hydrogens (tertiary/aromatic N) is 3. The number of aromatic nitrogens is 1. The maximum absolute atomic E-state index is 11.2. The van der Waals surface area contributed by atoms with E-state index in [9.17, 15) is 14.9 Å². The third kappa shape index (κ3) is 4.23. The molecule has 1 amide bonds. The second-order valence-electron chi connectivity index (χ2n) is 3.59. The summed E-state index contributed by atoms with van der Waals surface area (Å²) in [4.78, 5) is 24.9. The molecular weight excluding hydrogens is 250 g/mol. The van der Waals surface area contributed by atoms with Gasteiger partial charge < -0.3 is 10.6 Å². The minimum absolute atomic E-state index is 0.0742. The number of rotatable bonds is 6. The highest BCUT2D eigenvalue weighted by molar-refractivity contribution is 5.76. The molecular formula is C11H13N5O3. The number of hydrogen-bond acceptors (Lipinski definition) is 6. The van der Waals surface area contributed by atoms with Crippen molar-refractivity contribution in [2.24, 2.45) is 0 Å². The average molecular weight is 263 g/mol. The van der Waals surface area contributed by atoms with Gasteiger partial charge in [0, 0.05) is 25.6 Å². The Morgan fingerprint density at radius 2 is 2.37 bits per heavy atom. The summed E-state index contributed by atoms with van der Waals surface area (Å²) < 4.78 is 0. The van der Waals surface area contributed by atoms with Gasteiger partial charge in [-0.3, -0.25) is 14.9 Å². The molecule has 8 heteroatoms. The van der Waals surface area contributed by atoms with E-state index in [2.05, 4.69) is 15.6 Å². The van der Waals surface area contributed by atoms with Crippen LogP contribution in [-0.2, 0) is 4.79 Å². The zero-order valence-electron chi connectivity index (χ0n) is 10.3. The number of carbonyl (C=O) groups is 1. The Bertz CT molecular complexity index is 524. The van der Waals surface area contributed by atoms with Crippen molar-refractivity contribution < 1.29 is 9.72 Å². The third-order valence-corrected chi connectivity index (χ3v) is 2.22. The Kier molecular flexibility index (Phi) is 5.22. The monoisotopic (exact) mass is 263 g/mol. The molecule has 0 radical (unpaired) electrons. The van der Waals surface area contributed by atoms with Gasteiger partial charge in [-0.15, -0.1) is 0 Å². The van der Waals surface area contributed by atoms with Crippen molar-refractivity contribution in [3.05, 3.63) is 27.9 Å². The molecule has 1 aromatic heterocycles. The molecule has 2 N–H and O–H groups in total. The minimum Gasteiger partial charge on any atom is -0.368 e. The molecule has 19 heavy (non-hydrogen) atoms. The number of anilines is 1. The maximum atomic E-state index is 11.2. The van der Waals surface area contributed by atoms with Gasteiger partial charge in [-0.2, -0.15) is 5.26 Å². The second-order valence-corrected chi connectivity index (χ2v) is 3.59. The summed E-state index contributed by atoms with van der Waals surface area (Å²) in [6.45, 7) is 2.67. The number of nitro groups is 1. The van der Waals surface area contributed by atoms with E-state index in [0.717, 1.165) is 12.3 Å². The number of hydrogen-bond donors (Lipinski definition) is 2. The molecule has 1 heterocycles. The highest BCUT2D eigenvalue weighted by atomic mass is 16.6. The zero-order valence-corrected chi connectivity index (χ0v) is 10.3. The first-order chi connectivity index (χ1) is 9.08. The summed E-state index contributed by atoms with van der Waals surface area (Å²) in [6, 6.07) is 2.96. The molecule has 0 saturated carbocycles. The van der Waals surface area contributed by atoms with Crippen molar-refractivity contribution >= 4 is 17.4 Å². The van der Waals surface area contributed by atoms with Crippen molar-refractivity contribution in [2.75, 3.05) is 18.4 Å². The van der Waals surface area contributed by atoms with E-state index in [1.54, 1.807) is 0 Å². The fourth-order valence-corrected chi connectivity index (χ4v) is 1.36. The molecule has 0 saturated heterocycles. The quantitative estimate of drug-likeness (QED) is 0.578. The average Bonchev–Trinajstić information content (AvgIpc) is 2.39. The summed E-state index contributed by atoms with van der Waals surface area (Å²) in [5, 5.41) is 24.9. The van der Waals surface area contributed by atoms with Crippen LogP contribution in [0.2, 0.25) is 0 Å². The Labute approximate surface area is 109 Å². The summed E-state index contributed by atoms with van der Waals surface area (Å²) >= 11 is 0. The number of nitrogens with one attached hydrogen (secondary N) is 2. The second kappa shape index (κ2) is 6.90. The van der Waals surface area contributed by atoms with Crippen LogP contribution in [0.25, 0.3) is 0 Å². The Morgan fingerprint density at radius 3 is 2.95 bits per heavy atom. The van der Waals surface area contributed by atoms with Gasteiger partial charge in [0.15, 0.2) is 0 Å². The molecule has 0 aromatic carbocycles. The Morgan fingerprint density at radius 1 is 1.63 bits per heavy atom. The SMILES string of the molecule is CCNC(=O)CCNc1ncc([N+](=O)[O-])cc1C#N. The molecule has 0 spiro atoms. The first-order valence-corrected chi connectivity index (χ1v) is 5.63. The molecule has 0 aliphatic heterocycles. The molecule has 8 nitrogen and oxygen atoms in total. The van der Waals surface area contributed by atoms with E-state index in [4.69, 9.17) is 5.26 Å². The first-order valence-electron chi connectivity index (χ1n) is 5.63. The van der Waals surface area contributed by atoms with Gasteiger partial charge >= 0.3 is 0 Å². The van der Waals surface area contributed by atoms with Crippen molar-refractivity contribution in [3.63, 3.8) is 0 Å². The smallest absolute Gasteiger partial charge is 0.289 e. The van der Waals surface area contributed by atoms with E-state index in [1.807, 2.05) is 13.0 Å². The molecule has 0 unspecified atom stereocenters. The van der Waals surface area contributed by atoms with Crippen molar-refractivity contribution in [1.29, 1.82) is 5.26 Å². The molecule has 1 aromatic rings. The summed E-state index contributed by atoms with van der Waals surface area (Å²) in [7, 11) is 0. The van der Waals surface area contributed by atoms with E-state index in [0.29, 0.717) is 13.1 Å². The fourth-order valence-electron chi connectivity index (χ4n) is 1.36. The molecule has 100 valence electrons. The van der Waals surface area contributed by atoms with Crippen LogP contribution in [-0.4, -0.2) is 28.9 Å². The van der Waals surface area contributed by atoms with Gasteiger partial charge in [-0.25, -0.2) is 4.98 Å². The van der Waals surface area contributed by atoms with Crippen LogP contribution >= 0.6 is 0 Å². The van der Waals surface area contributed by atoms with Crippen LogP contribution in [0.3, 0.4) is 0 Å². The largest absolute Gasteiger partial charge is 0.368 e. The lowest BCUT2D eigenvalue weighted by atomic mass is 10.2.